The molecule has 2 heteroatoms. The van der Waals surface area contributed by atoms with Crippen LogP contribution in [0.2, 0.25) is 5.02 Å². The molecule has 17 heavy (non-hydrogen) atoms. The summed E-state index contributed by atoms with van der Waals surface area (Å²) in [5.41, 5.74) is 3.45. The fourth-order valence-electron chi connectivity index (χ4n) is 1.85. The minimum absolute atomic E-state index is 0.455. The summed E-state index contributed by atoms with van der Waals surface area (Å²) in [5.74, 6) is 0. The van der Waals surface area contributed by atoms with Gasteiger partial charge in [0, 0.05) is 5.02 Å². The number of hydrogen-bond acceptors (Lipinski definition) is 1. The number of nitrogens with zero attached hydrogens (tertiary/aromatic N) is 1. The van der Waals surface area contributed by atoms with E-state index in [-0.39, 0.29) is 0 Å². The Bertz CT molecular complexity index is 555. The SMILES string of the molecule is N#CCc1ccccc1Cc1cccc(Cl)c1. The van der Waals surface area contributed by atoms with Crippen LogP contribution in [-0.4, -0.2) is 0 Å². The van der Waals surface area contributed by atoms with E-state index in [0.717, 1.165) is 17.0 Å². The van der Waals surface area contributed by atoms with Crippen LogP contribution >= 0.6 is 11.6 Å². The minimum Gasteiger partial charge on any atom is -0.198 e. The first-order valence-corrected chi connectivity index (χ1v) is 5.85. The zero-order valence-corrected chi connectivity index (χ0v) is 10.1. The lowest BCUT2D eigenvalue weighted by Crippen LogP contribution is -1.94. The second kappa shape index (κ2) is 5.52. The van der Waals surface area contributed by atoms with Crippen LogP contribution in [0.4, 0.5) is 0 Å². The maximum atomic E-state index is 8.78. The Morgan fingerprint density at radius 3 is 2.47 bits per heavy atom. The van der Waals surface area contributed by atoms with Gasteiger partial charge in [-0.05, 0) is 35.2 Å². The lowest BCUT2D eigenvalue weighted by molar-refractivity contribution is 1.12. The van der Waals surface area contributed by atoms with E-state index in [2.05, 4.69) is 18.2 Å². The molecule has 1 nitrogen and oxygen atoms in total. The Hall–Kier alpha value is -1.78. The molecule has 0 spiro atoms. The van der Waals surface area contributed by atoms with Gasteiger partial charge in [0.2, 0.25) is 0 Å². The molecule has 0 radical (unpaired) electrons. The summed E-state index contributed by atoms with van der Waals surface area (Å²) in [6.45, 7) is 0. The van der Waals surface area contributed by atoms with Gasteiger partial charge in [0.1, 0.15) is 0 Å². The van der Waals surface area contributed by atoms with Crippen molar-refractivity contribution in [1.29, 1.82) is 5.26 Å². The highest BCUT2D eigenvalue weighted by atomic mass is 35.5. The second-order valence-electron chi connectivity index (χ2n) is 3.91. The summed E-state index contributed by atoms with van der Waals surface area (Å²) in [7, 11) is 0. The quantitative estimate of drug-likeness (QED) is 0.797. The molecular weight excluding hydrogens is 230 g/mol. The first-order chi connectivity index (χ1) is 8.29. The Balaban J connectivity index is 2.27. The third kappa shape index (κ3) is 3.09. The van der Waals surface area contributed by atoms with Gasteiger partial charge in [-0.3, -0.25) is 0 Å². The van der Waals surface area contributed by atoms with E-state index in [1.165, 1.54) is 11.1 Å². The van der Waals surface area contributed by atoms with Crippen molar-refractivity contribution in [2.75, 3.05) is 0 Å². The molecule has 0 aliphatic heterocycles. The molecule has 0 N–H and O–H groups in total. The molecule has 0 amide bonds. The van der Waals surface area contributed by atoms with Gasteiger partial charge in [-0.15, -0.1) is 0 Å². The van der Waals surface area contributed by atoms with Crippen LogP contribution in [0, 0.1) is 11.3 Å². The van der Waals surface area contributed by atoms with E-state index in [1.54, 1.807) is 0 Å². The van der Waals surface area contributed by atoms with Gasteiger partial charge in [0.15, 0.2) is 0 Å². The summed E-state index contributed by atoms with van der Waals surface area (Å²) < 4.78 is 0. The van der Waals surface area contributed by atoms with Gasteiger partial charge in [0.05, 0.1) is 12.5 Å². The van der Waals surface area contributed by atoms with Gasteiger partial charge in [-0.1, -0.05) is 48.0 Å². The second-order valence-corrected chi connectivity index (χ2v) is 4.35. The van der Waals surface area contributed by atoms with Gasteiger partial charge >= 0.3 is 0 Å². The Morgan fingerprint density at radius 2 is 1.76 bits per heavy atom. The lowest BCUT2D eigenvalue weighted by atomic mass is 9.98. The van der Waals surface area contributed by atoms with Gasteiger partial charge in [0.25, 0.3) is 0 Å². The fraction of sp³-hybridized carbons (Fsp3) is 0.133. The molecule has 84 valence electrons. The van der Waals surface area contributed by atoms with Gasteiger partial charge in [-0.25, -0.2) is 0 Å². The van der Waals surface area contributed by atoms with Crippen molar-refractivity contribution in [3.63, 3.8) is 0 Å². The Kier molecular flexibility index (Phi) is 3.80. The van der Waals surface area contributed by atoms with Gasteiger partial charge < -0.3 is 0 Å². The molecule has 2 rings (SSSR count). The molecule has 0 aromatic heterocycles. The monoisotopic (exact) mass is 241 g/mol. The molecule has 0 unspecified atom stereocenters. The zero-order chi connectivity index (χ0) is 12.1. The van der Waals surface area contributed by atoms with Crippen LogP contribution in [0.15, 0.2) is 48.5 Å². The molecular formula is C15H12ClN. The first kappa shape index (κ1) is 11.7. The minimum atomic E-state index is 0.455. The van der Waals surface area contributed by atoms with Crippen LogP contribution < -0.4 is 0 Å². The highest BCUT2D eigenvalue weighted by molar-refractivity contribution is 6.30. The number of benzene rings is 2. The van der Waals surface area contributed by atoms with Crippen molar-refractivity contribution in [2.24, 2.45) is 0 Å². The maximum Gasteiger partial charge on any atom is 0.0669 e. The van der Waals surface area contributed by atoms with Crippen molar-refractivity contribution < 1.29 is 0 Å². The van der Waals surface area contributed by atoms with Crippen molar-refractivity contribution in [3.8, 4) is 6.07 Å². The third-order valence-corrected chi connectivity index (χ3v) is 2.91. The average Bonchev–Trinajstić information content (AvgIpc) is 2.32. The molecule has 0 bridgehead atoms. The average molecular weight is 242 g/mol. The van der Waals surface area contributed by atoms with E-state index in [9.17, 15) is 0 Å². The topological polar surface area (TPSA) is 23.8 Å². The number of nitriles is 1. The normalized spacial score (nSPS) is 9.88. The first-order valence-electron chi connectivity index (χ1n) is 5.48. The summed E-state index contributed by atoms with van der Waals surface area (Å²) in [5, 5.41) is 9.53. The van der Waals surface area contributed by atoms with Gasteiger partial charge in [-0.2, -0.15) is 5.26 Å². The highest BCUT2D eigenvalue weighted by Crippen LogP contribution is 2.17. The number of halogens is 1. The highest BCUT2D eigenvalue weighted by Gasteiger charge is 2.02. The van der Waals surface area contributed by atoms with Crippen LogP contribution in [0.25, 0.3) is 0 Å². The molecule has 2 aromatic rings. The number of rotatable bonds is 3. The van der Waals surface area contributed by atoms with Crippen molar-refractivity contribution >= 4 is 11.6 Å². The summed E-state index contributed by atoms with van der Waals surface area (Å²) in [6, 6.07) is 18.1. The van der Waals surface area contributed by atoms with Crippen molar-refractivity contribution in [1.82, 2.24) is 0 Å². The predicted octanol–water partition coefficient (Wildman–Crippen LogP) is 4.00. The molecule has 0 heterocycles. The van der Waals surface area contributed by atoms with E-state index in [0.29, 0.717) is 6.42 Å². The van der Waals surface area contributed by atoms with Crippen LogP contribution in [0.1, 0.15) is 16.7 Å². The summed E-state index contributed by atoms with van der Waals surface area (Å²) >= 11 is 5.96. The summed E-state index contributed by atoms with van der Waals surface area (Å²) in [4.78, 5) is 0. The smallest absolute Gasteiger partial charge is 0.0669 e. The maximum absolute atomic E-state index is 8.78. The zero-order valence-electron chi connectivity index (χ0n) is 9.36. The number of hydrogen-bond donors (Lipinski definition) is 0. The molecule has 0 aliphatic carbocycles. The largest absolute Gasteiger partial charge is 0.198 e. The fourth-order valence-corrected chi connectivity index (χ4v) is 2.07. The summed E-state index contributed by atoms with van der Waals surface area (Å²) in [6.07, 6.45) is 1.27. The molecule has 0 aliphatic rings. The van der Waals surface area contributed by atoms with E-state index >= 15 is 0 Å². The van der Waals surface area contributed by atoms with Crippen LogP contribution in [0.5, 0.6) is 0 Å². The van der Waals surface area contributed by atoms with Crippen LogP contribution in [0.3, 0.4) is 0 Å². The predicted molar refractivity (Wildman–Crippen MR) is 70.0 cm³/mol. The Labute approximate surface area is 106 Å². The Morgan fingerprint density at radius 1 is 1.00 bits per heavy atom. The van der Waals surface area contributed by atoms with E-state index in [1.807, 2.05) is 36.4 Å². The van der Waals surface area contributed by atoms with Crippen molar-refractivity contribution in [2.45, 2.75) is 12.8 Å². The molecule has 0 atom stereocenters. The lowest BCUT2D eigenvalue weighted by Gasteiger charge is -2.07. The molecule has 0 saturated heterocycles. The standard InChI is InChI=1S/C15H12ClN/c16-15-7-3-4-12(11-15)10-14-6-2-1-5-13(14)8-9-17/h1-7,11H,8,10H2. The molecule has 0 saturated carbocycles. The molecule has 0 fully saturated rings. The molecule has 2 aromatic carbocycles. The van der Waals surface area contributed by atoms with E-state index in [4.69, 9.17) is 16.9 Å². The third-order valence-electron chi connectivity index (χ3n) is 2.67. The van der Waals surface area contributed by atoms with Crippen molar-refractivity contribution in [3.05, 3.63) is 70.2 Å². The van der Waals surface area contributed by atoms with E-state index < -0.39 is 0 Å². The van der Waals surface area contributed by atoms with Crippen LogP contribution in [-0.2, 0) is 12.8 Å².